The molecule has 0 aromatic heterocycles. The fraction of sp³-hybridized carbons (Fsp3) is 0.333. The molecule has 0 aliphatic heterocycles. The summed E-state index contributed by atoms with van der Waals surface area (Å²) in [7, 11) is 0. The minimum absolute atomic E-state index is 0.893. The summed E-state index contributed by atoms with van der Waals surface area (Å²) < 4.78 is 0. The van der Waals surface area contributed by atoms with Crippen molar-refractivity contribution >= 4 is 12.4 Å². The van der Waals surface area contributed by atoms with E-state index in [2.05, 4.69) is 60.1 Å². The van der Waals surface area contributed by atoms with Crippen molar-refractivity contribution in [1.82, 2.24) is 0 Å². The maximum Gasteiger partial charge on any atom is 0.0568 e. The van der Waals surface area contributed by atoms with Crippen LogP contribution in [0.5, 0.6) is 0 Å². The molecule has 0 aliphatic rings. The van der Waals surface area contributed by atoms with Crippen LogP contribution >= 0.6 is 0 Å². The van der Waals surface area contributed by atoms with Crippen LogP contribution in [0.4, 0.5) is 0 Å². The summed E-state index contributed by atoms with van der Waals surface area (Å²) in [4.78, 5) is 0. The number of nitrogens with zero attached hydrogens (tertiary/aromatic N) is 2. The van der Waals surface area contributed by atoms with Gasteiger partial charge in [0.1, 0.15) is 0 Å². The Labute approximate surface area is 158 Å². The van der Waals surface area contributed by atoms with Crippen molar-refractivity contribution in [2.75, 3.05) is 0 Å². The zero-order chi connectivity index (χ0) is 18.5. The van der Waals surface area contributed by atoms with Crippen LogP contribution in [0.25, 0.3) is 0 Å². The molecular formula is C24H30N2. The van der Waals surface area contributed by atoms with Gasteiger partial charge in [0, 0.05) is 0 Å². The highest BCUT2D eigenvalue weighted by Gasteiger charge is 1.95. The molecule has 2 aromatic rings. The van der Waals surface area contributed by atoms with Gasteiger partial charge < -0.3 is 0 Å². The minimum Gasteiger partial charge on any atom is -0.159 e. The van der Waals surface area contributed by atoms with Gasteiger partial charge >= 0.3 is 0 Å². The first-order chi connectivity index (χ1) is 12.8. The molecule has 0 unspecified atom stereocenters. The van der Waals surface area contributed by atoms with Crippen LogP contribution < -0.4 is 0 Å². The SMILES string of the molecule is C=CCc1ccc(/C=N/N=C/c2ccc(CCCCCCC)cc2)cc1. The highest BCUT2D eigenvalue weighted by molar-refractivity contribution is 5.82. The van der Waals surface area contributed by atoms with Gasteiger partial charge in [0.25, 0.3) is 0 Å². The lowest BCUT2D eigenvalue weighted by atomic mass is 10.0. The van der Waals surface area contributed by atoms with E-state index >= 15 is 0 Å². The first-order valence-electron chi connectivity index (χ1n) is 9.67. The lowest BCUT2D eigenvalue weighted by molar-refractivity contribution is 0.632. The summed E-state index contributed by atoms with van der Waals surface area (Å²) in [6.45, 7) is 6.01. The zero-order valence-electron chi connectivity index (χ0n) is 15.9. The van der Waals surface area contributed by atoms with E-state index in [0.717, 1.165) is 17.5 Å². The number of rotatable bonds is 11. The number of aryl methyl sites for hydroxylation is 1. The average molecular weight is 347 g/mol. The summed E-state index contributed by atoms with van der Waals surface area (Å²) in [5.74, 6) is 0. The summed E-state index contributed by atoms with van der Waals surface area (Å²) in [5.41, 5.74) is 4.79. The fourth-order valence-electron chi connectivity index (χ4n) is 2.81. The molecule has 0 N–H and O–H groups in total. The second-order valence-corrected chi connectivity index (χ2v) is 6.63. The van der Waals surface area contributed by atoms with Gasteiger partial charge in [0.2, 0.25) is 0 Å². The summed E-state index contributed by atoms with van der Waals surface area (Å²) in [6, 6.07) is 16.9. The van der Waals surface area contributed by atoms with E-state index in [9.17, 15) is 0 Å². The van der Waals surface area contributed by atoms with Crippen LogP contribution in [0, 0.1) is 0 Å². The Morgan fingerprint density at radius 1 is 0.731 bits per heavy atom. The van der Waals surface area contributed by atoms with Crippen molar-refractivity contribution < 1.29 is 0 Å². The molecule has 0 bridgehead atoms. The minimum atomic E-state index is 0.893. The molecule has 2 aromatic carbocycles. The van der Waals surface area contributed by atoms with Crippen molar-refractivity contribution in [3.8, 4) is 0 Å². The van der Waals surface area contributed by atoms with Crippen LogP contribution in [0.15, 0.2) is 71.4 Å². The molecule has 0 heterocycles. The lowest BCUT2D eigenvalue weighted by Crippen LogP contribution is -1.88. The average Bonchev–Trinajstić information content (AvgIpc) is 2.68. The van der Waals surface area contributed by atoms with E-state index in [1.54, 1.807) is 12.4 Å². The molecule has 0 amide bonds. The van der Waals surface area contributed by atoms with Crippen LogP contribution in [0.2, 0.25) is 0 Å². The Hall–Kier alpha value is -2.48. The normalized spacial score (nSPS) is 11.4. The Kier molecular flexibility index (Phi) is 9.13. The van der Waals surface area contributed by atoms with E-state index in [0.29, 0.717) is 0 Å². The van der Waals surface area contributed by atoms with E-state index in [1.807, 2.05) is 18.2 Å². The Morgan fingerprint density at radius 2 is 1.27 bits per heavy atom. The van der Waals surface area contributed by atoms with Crippen molar-refractivity contribution in [3.63, 3.8) is 0 Å². The second kappa shape index (κ2) is 12.0. The maximum atomic E-state index is 4.15. The third-order valence-electron chi connectivity index (χ3n) is 4.39. The summed E-state index contributed by atoms with van der Waals surface area (Å²) >= 11 is 0. The number of benzene rings is 2. The van der Waals surface area contributed by atoms with Gasteiger partial charge in [-0.15, -0.1) is 6.58 Å². The Morgan fingerprint density at radius 3 is 1.81 bits per heavy atom. The highest BCUT2D eigenvalue weighted by Crippen LogP contribution is 2.10. The quantitative estimate of drug-likeness (QED) is 0.195. The molecule has 2 heteroatoms. The van der Waals surface area contributed by atoms with Gasteiger partial charge in [0.05, 0.1) is 12.4 Å². The predicted molar refractivity (Wildman–Crippen MR) is 114 cm³/mol. The molecule has 2 rings (SSSR count). The Balaban J connectivity index is 1.77. The molecule has 0 aliphatic carbocycles. The summed E-state index contributed by atoms with van der Waals surface area (Å²) in [5, 5.41) is 8.29. The van der Waals surface area contributed by atoms with Crippen LogP contribution in [-0.4, -0.2) is 12.4 Å². The van der Waals surface area contributed by atoms with Gasteiger partial charge in [-0.3, -0.25) is 0 Å². The third-order valence-corrected chi connectivity index (χ3v) is 4.39. The molecular weight excluding hydrogens is 316 g/mol. The largest absolute Gasteiger partial charge is 0.159 e. The molecule has 0 saturated carbocycles. The number of unbranched alkanes of at least 4 members (excludes halogenated alkanes) is 4. The number of allylic oxidation sites excluding steroid dienone is 1. The van der Waals surface area contributed by atoms with Gasteiger partial charge in [-0.25, -0.2) is 0 Å². The van der Waals surface area contributed by atoms with Crippen molar-refractivity contribution in [3.05, 3.63) is 83.4 Å². The molecule has 2 nitrogen and oxygen atoms in total. The Bertz CT molecular complexity index is 694. The van der Waals surface area contributed by atoms with Crippen LogP contribution in [0.3, 0.4) is 0 Å². The number of hydrogen-bond acceptors (Lipinski definition) is 2. The highest BCUT2D eigenvalue weighted by atomic mass is 15.2. The lowest BCUT2D eigenvalue weighted by Gasteiger charge is -2.02. The maximum absolute atomic E-state index is 4.15. The summed E-state index contributed by atoms with van der Waals surface area (Å²) in [6.07, 6.45) is 14.2. The van der Waals surface area contributed by atoms with E-state index < -0.39 is 0 Å². The van der Waals surface area contributed by atoms with Crippen LogP contribution in [-0.2, 0) is 12.8 Å². The van der Waals surface area contributed by atoms with E-state index in [-0.39, 0.29) is 0 Å². The van der Waals surface area contributed by atoms with Crippen molar-refractivity contribution in [2.24, 2.45) is 10.2 Å². The van der Waals surface area contributed by atoms with E-state index in [1.165, 1.54) is 49.7 Å². The van der Waals surface area contributed by atoms with E-state index in [4.69, 9.17) is 0 Å². The molecule has 0 radical (unpaired) electrons. The first-order valence-corrected chi connectivity index (χ1v) is 9.67. The molecule has 0 spiro atoms. The van der Waals surface area contributed by atoms with Gasteiger partial charge in [-0.1, -0.05) is 87.2 Å². The molecule has 0 saturated heterocycles. The molecule has 0 atom stereocenters. The number of hydrogen-bond donors (Lipinski definition) is 0. The monoisotopic (exact) mass is 346 g/mol. The van der Waals surface area contributed by atoms with Gasteiger partial charge in [-0.2, -0.15) is 10.2 Å². The van der Waals surface area contributed by atoms with Crippen molar-refractivity contribution in [2.45, 2.75) is 51.9 Å². The first kappa shape index (κ1) is 19.8. The van der Waals surface area contributed by atoms with Gasteiger partial charge in [-0.05, 0) is 41.5 Å². The topological polar surface area (TPSA) is 24.7 Å². The molecule has 0 fully saturated rings. The molecule has 136 valence electrons. The smallest absolute Gasteiger partial charge is 0.0568 e. The molecule has 26 heavy (non-hydrogen) atoms. The van der Waals surface area contributed by atoms with Crippen molar-refractivity contribution in [1.29, 1.82) is 0 Å². The standard InChI is InChI=1S/C24H30N2/c1-3-5-6-7-8-10-22-13-17-24(18-14-22)20-26-25-19-23-15-11-21(9-4-2)12-16-23/h4,11-20H,2-3,5-10H2,1H3/b25-19+,26-20+. The third kappa shape index (κ3) is 7.60. The fourth-order valence-corrected chi connectivity index (χ4v) is 2.81. The predicted octanol–water partition coefficient (Wildman–Crippen LogP) is 6.38. The van der Waals surface area contributed by atoms with Crippen LogP contribution in [0.1, 0.15) is 61.3 Å². The van der Waals surface area contributed by atoms with Gasteiger partial charge in [0.15, 0.2) is 0 Å². The second-order valence-electron chi connectivity index (χ2n) is 6.63. The zero-order valence-corrected chi connectivity index (χ0v) is 15.9.